The molecule has 154 valence electrons. The van der Waals surface area contributed by atoms with Crippen LogP contribution in [0.2, 0.25) is 0 Å². The molecular weight excluding hydrogens is 490 g/mol. The van der Waals surface area contributed by atoms with Crippen LogP contribution in [0.25, 0.3) is 0 Å². The molecule has 0 spiro atoms. The van der Waals surface area contributed by atoms with Crippen molar-refractivity contribution in [3.8, 4) is 0 Å². The van der Waals surface area contributed by atoms with E-state index >= 15 is 0 Å². The zero-order valence-corrected chi connectivity index (χ0v) is 19.4. The molecule has 2 N–H and O–H groups in total. The number of guanidine groups is 1. The van der Waals surface area contributed by atoms with Crippen molar-refractivity contribution in [2.75, 3.05) is 37.3 Å². The predicted octanol–water partition coefficient (Wildman–Crippen LogP) is 3.10. The van der Waals surface area contributed by atoms with Crippen LogP contribution in [0.4, 0.5) is 10.1 Å². The molecule has 1 aromatic carbocycles. The molecule has 2 aromatic rings. The van der Waals surface area contributed by atoms with Gasteiger partial charge in [-0.25, -0.2) is 4.39 Å². The van der Waals surface area contributed by atoms with Gasteiger partial charge < -0.3 is 15.5 Å². The molecule has 1 saturated heterocycles. The molecule has 1 fully saturated rings. The third kappa shape index (κ3) is 6.84. The van der Waals surface area contributed by atoms with Crippen molar-refractivity contribution in [1.82, 2.24) is 20.4 Å². The van der Waals surface area contributed by atoms with Crippen molar-refractivity contribution < 1.29 is 4.39 Å². The molecule has 28 heavy (non-hydrogen) atoms. The number of nitrogens with zero attached hydrogens (tertiary/aromatic N) is 4. The lowest BCUT2D eigenvalue weighted by Gasteiger charge is -2.34. The Labute approximate surface area is 187 Å². The second kappa shape index (κ2) is 11.5. The second-order valence-corrected chi connectivity index (χ2v) is 7.77. The maximum absolute atomic E-state index is 12.9. The Balaban J connectivity index is 0.00000280. The number of hydrogen-bond acceptors (Lipinski definition) is 4. The van der Waals surface area contributed by atoms with Gasteiger partial charge in [-0.15, -0.1) is 35.7 Å². The molecule has 6 nitrogen and oxygen atoms in total. The van der Waals surface area contributed by atoms with E-state index < -0.39 is 0 Å². The Kier molecular flexibility index (Phi) is 9.36. The van der Waals surface area contributed by atoms with Gasteiger partial charge >= 0.3 is 0 Å². The number of thioether (sulfide) groups is 1. The zero-order chi connectivity index (χ0) is 19.1. The minimum absolute atomic E-state index is 0. The van der Waals surface area contributed by atoms with Gasteiger partial charge in [0.15, 0.2) is 5.96 Å². The van der Waals surface area contributed by atoms with E-state index in [1.807, 2.05) is 30.1 Å². The number of nitrogens with one attached hydrogen (secondary N) is 2. The van der Waals surface area contributed by atoms with Gasteiger partial charge in [0, 0.05) is 56.6 Å². The normalized spacial score (nSPS) is 17.2. The molecule has 3 rings (SSSR count). The van der Waals surface area contributed by atoms with Gasteiger partial charge in [-0.3, -0.25) is 9.67 Å². The molecule has 2 heterocycles. The SMILES string of the molecule is CN=C(NCCSc1ccc(F)cc1)NC1CCCN(c2cnn(C)c2)C1.I. The Bertz CT molecular complexity index is 751. The van der Waals surface area contributed by atoms with Crippen LogP contribution >= 0.6 is 35.7 Å². The van der Waals surface area contributed by atoms with E-state index in [-0.39, 0.29) is 29.8 Å². The van der Waals surface area contributed by atoms with E-state index in [1.165, 1.54) is 17.8 Å². The third-order valence-corrected chi connectivity index (χ3v) is 5.53. The highest BCUT2D eigenvalue weighted by molar-refractivity contribution is 14.0. The van der Waals surface area contributed by atoms with Crippen LogP contribution in [-0.4, -0.2) is 54.2 Å². The van der Waals surface area contributed by atoms with E-state index in [1.54, 1.807) is 18.8 Å². The molecule has 1 atom stereocenters. The number of piperidine rings is 1. The summed E-state index contributed by atoms with van der Waals surface area (Å²) in [5, 5.41) is 11.2. The Morgan fingerprint density at radius 1 is 1.36 bits per heavy atom. The summed E-state index contributed by atoms with van der Waals surface area (Å²) in [5.41, 5.74) is 1.17. The number of rotatable bonds is 6. The van der Waals surface area contributed by atoms with Gasteiger partial charge in [0.25, 0.3) is 0 Å². The van der Waals surface area contributed by atoms with Crippen LogP contribution < -0.4 is 15.5 Å². The number of aromatic nitrogens is 2. The number of aryl methyl sites for hydroxylation is 1. The summed E-state index contributed by atoms with van der Waals surface area (Å²) in [7, 11) is 3.74. The van der Waals surface area contributed by atoms with Crippen molar-refractivity contribution in [2.24, 2.45) is 12.0 Å². The molecule has 1 aliphatic rings. The highest BCUT2D eigenvalue weighted by atomic mass is 127. The molecule has 0 aliphatic carbocycles. The summed E-state index contributed by atoms with van der Waals surface area (Å²) in [6.07, 6.45) is 6.25. The minimum atomic E-state index is -0.199. The first kappa shape index (κ1) is 22.8. The van der Waals surface area contributed by atoms with E-state index in [2.05, 4.69) is 31.8 Å². The highest BCUT2D eigenvalue weighted by Gasteiger charge is 2.21. The van der Waals surface area contributed by atoms with Gasteiger partial charge in [0.1, 0.15) is 5.82 Å². The van der Waals surface area contributed by atoms with Crippen LogP contribution in [0.5, 0.6) is 0 Å². The van der Waals surface area contributed by atoms with E-state index in [9.17, 15) is 4.39 Å². The summed E-state index contributed by atoms with van der Waals surface area (Å²) in [4.78, 5) is 7.78. The fraction of sp³-hybridized carbons (Fsp3) is 0.474. The molecule has 0 saturated carbocycles. The zero-order valence-electron chi connectivity index (χ0n) is 16.3. The van der Waals surface area contributed by atoms with Gasteiger partial charge in [0.2, 0.25) is 0 Å². The van der Waals surface area contributed by atoms with Crippen molar-refractivity contribution in [1.29, 1.82) is 0 Å². The van der Waals surface area contributed by atoms with Crippen molar-refractivity contribution in [2.45, 2.75) is 23.8 Å². The van der Waals surface area contributed by atoms with Gasteiger partial charge in [0.05, 0.1) is 11.9 Å². The third-order valence-electron chi connectivity index (χ3n) is 4.52. The average Bonchev–Trinajstić information content (AvgIpc) is 3.12. The van der Waals surface area contributed by atoms with E-state index in [0.717, 1.165) is 49.1 Å². The van der Waals surface area contributed by atoms with E-state index in [4.69, 9.17) is 0 Å². The maximum atomic E-state index is 12.9. The number of anilines is 1. The molecule has 1 aromatic heterocycles. The van der Waals surface area contributed by atoms with Gasteiger partial charge in [-0.05, 0) is 37.1 Å². The summed E-state index contributed by atoms with van der Waals surface area (Å²) < 4.78 is 14.8. The molecule has 0 radical (unpaired) electrons. The Morgan fingerprint density at radius 2 is 2.14 bits per heavy atom. The summed E-state index contributed by atoms with van der Waals surface area (Å²) in [5.74, 6) is 1.52. The first-order chi connectivity index (χ1) is 13.1. The molecule has 0 bridgehead atoms. The largest absolute Gasteiger partial charge is 0.367 e. The standard InChI is InChI=1S/C19H27FN6S.HI/c1-21-19(22-9-11-27-18-7-5-15(20)6-8-18)24-16-4-3-10-26(13-16)17-12-23-25(2)14-17;/h5-8,12,14,16H,3-4,9-11,13H2,1-2H3,(H2,21,22,24);1H. The topological polar surface area (TPSA) is 57.5 Å². The first-order valence-corrected chi connectivity index (χ1v) is 10.2. The quantitative estimate of drug-likeness (QED) is 0.203. The molecule has 1 unspecified atom stereocenters. The lowest BCUT2D eigenvalue weighted by Crippen LogP contribution is -2.51. The van der Waals surface area contributed by atoms with Gasteiger partial charge in [-0.2, -0.15) is 5.10 Å². The number of halogens is 2. The van der Waals surface area contributed by atoms with E-state index in [0.29, 0.717) is 6.04 Å². The lowest BCUT2D eigenvalue weighted by atomic mass is 10.1. The summed E-state index contributed by atoms with van der Waals surface area (Å²) in [6, 6.07) is 6.96. The monoisotopic (exact) mass is 518 g/mol. The number of aliphatic imine (C=N–C) groups is 1. The minimum Gasteiger partial charge on any atom is -0.367 e. The van der Waals surface area contributed by atoms with Crippen LogP contribution in [0.1, 0.15) is 12.8 Å². The maximum Gasteiger partial charge on any atom is 0.191 e. The molecular formula is C19H28FIN6S. The highest BCUT2D eigenvalue weighted by Crippen LogP contribution is 2.19. The van der Waals surface area contributed by atoms with Crippen LogP contribution in [0, 0.1) is 5.82 Å². The fourth-order valence-electron chi connectivity index (χ4n) is 3.16. The predicted molar refractivity (Wildman–Crippen MR) is 125 cm³/mol. The van der Waals surface area contributed by atoms with Crippen molar-refractivity contribution in [3.63, 3.8) is 0 Å². The number of hydrogen-bond donors (Lipinski definition) is 2. The van der Waals surface area contributed by atoms with Crippen molar-refractivity contribution in [3.05, 3.63) is 42.5 Å². The smallest absolute Gasteiger partial charge is 0.191 e. The summed E-state index contributed by atoms with van der Waals surface area (Å²) >= 11 is 1.70. The average molecular weight is 518 g/mol. The fourth-order valence-corrected chi connectivity index (χ4v) is 3.93. The van der Waals surface area contributed by atoms with Crippen molar-refractivity contribution >= 4 is 47.4 Å². The number of benzene rings is 1. The van der Waals surface area contributed by atoms with Crippen LogP contribution in [0.15, 0.2) is 46.5 Å². The van der Waals surface area contributed by atoms with Gasteiger partial charge in [-0.1, -0.05) is 0 Å². The Morgan fingerprint density at radius 3 is 2.82 bits per heavy atom. The molecule has 9 heteroatoms. The molecule has 0 amide bonds. The lowest BCUT2D eigenvalue weighted by molar-refractivity contribution is 0.468. The van der Waals surface area contributed by atoms with Crippen LogP contribution in [-0.2, 0) is 7.05 Å². The second-order valence-electron chi connectivity index (χ2n) is 6.60. The molecule has 1 aliphatic heterocycles. The Hall–Kier alpha value is -1.49. The summed E-state index contributed by atoms with van der Waals surface area (Å²) in [6.45, 7) is 2.79. The first-order valence-electron chi connectivity index (χ1n) is 9.23. The van der Waals surface area contributed by atoms with Crippen LogP contribution in [0.3, 0.4) is 0 Å².